The van der Waals surface area contributed by atoms with Crippen molar-refractivity contribution >= 4 is 40.2 Å². The van der Waals surface area contributed by atoms with Crippen molar-refractivity contribution in [2.45, 2.75) is 19.9 Å². The number of imide groups is 1. The van der Waals surface area contributed by atoms with E-state index in [0.29, 0.717) is 5.69 Å². The monoisotopic (exact) mass is 416 g/mol. The van der Waals surface area contributed by atoms with Crippen molar-refractivity contribution in [3.8, 4) is 0 Å². The second kappa shape index (κ2) is 8.02. The van der Waals surface area contributed by atoms with Gasteiger partial charge in [-0.25, -0.2) is 4.79 Å². The Kier molecular flexibility index (Phi) is 5.25. The highest BCUT2D eigenvalue weighted by molar-refractivity contribution is 6.22. The molecule has 0 spiro atoms. The highest BCUT2D eigenvalue weighted by atomic mass is 16.5. The van der Waals surface area contributed by atoms with Gasteiger partial charge in [0.2, 0.25) is 0 Å². The molecule has 156 valence electrons. The van der Waals surface area contributed by atoms with E-state index in [0.717, 1.165) is 21.2 Å². The zero-order valence-corrected chi connectivity index (χ0v) is 17.0. The topological polar surface area (TPSA) is 92.8 Å². The van der Waals surface area contributed by atoms with Crippen LogP contribution in [0, 0.1) is 6.92 Å². The smallest absolute Gasteiger partial charge is 0.329 e. The molecule has 0 saturated heterocycles. The Hall–Kier alpha value is -4.00. The van der Waals surface area contributed by atoms with E-state index < -0.39 is 36.3 Å². The fraction of sp³-hybridized carbons (Fsp3) is 0.167. The molecule has 1 atom stereocenters. The van der Waals surface area contributed by atoms with Gasteiger partial charge < -0.3 is 10.1 Å². The molecule has 1 aliphatic rings. The van der Waals surface area contributed by atoms with Crippen molar-refractivity contribution in [2.75, 3.05) is 11.9 Å². The maximum Gasteiger partial charge on any atom is 0.329 e. The van der Waals surface area contributed by atoms with E-state index >= 15 is 0 Å². The Labute approximate surface area is 178 Å². The predicted octanol–water partition coefficient (Wildman–Crippen LogP) is 3.31. The lowest BCUT2D eigenvalue weighted by atomic mass is 10.1. The van der Waals surface area contributed by atoms with Crippen LogP contribution in [0.15, 0.2) is 60.7 Å². The molecule has 7 nitrogen and oxygen atoms in total. The molecular weight excluding hydrogens is 396 g/mol. The van der Waals surface area contributed by atoms with E-state index in [4.69, 9.17) is 4.74 Å². The molecule has 3 aromatic rings. The largest absolute Gasteiger partial charge is 0.454 e. The Morgan fingerprint density at radius 3 is 2.48 bits per heavy atom. The molecule has 0 radical (unpaired) electrons. The zero-order valence-electron chi connectivity index (χ0n) is 17.0. The lowest BCUT2D eigenvalue weighted by molar-refractivity contribution is -0.150. The molecule has 0 bridgehead atoms. The number of carbonyl (C=O) groups excluding carboxylic acids is 4. The minimum Gasteiger partial charge on any atom is -0.454 e. The molecule has 0 aromatic heterocycles. The first-order valence-corrected chi connectivity index (χ1v) is 9.79. The van der Waals surface area contributed by atoms with Crippen LogP contribution in [-0.4, -0.2) is 41.2 Å². The quantitative estimate of drug-likeness (QED) is 0.509. The molecule has 0 fully saturated rings. The summed E-state index contributed by atoms with van der Waals surface area (Å²) in [6, 6.07) is 16.8. The fourth-order valence-corrected chi connectivity index (χ4v) is 3.61. The van der Waals surface area contributed by atoms with E-state index in [1.165, 1.54) is 6.92 Å². The van der Waals surface area contributed by atoms with Crippen LogP contribution in [0.25, 0.3) is 10.8 Å². The minimum absolute atomic E-state index is 0.254. The average Bonchev–Trinajstić information content (AvgIpc) is 3.01. The predicted molar refractivity (Wildman–Crippen MR) is 115 cm³/mol. The number of fused-ring (bicyclic) bond motifs is 2. The summed E-state index contributed by atoms with van der Waals surface area (Å²) in [5.74, 6) is -2.45. The number of nitrogens with zero attached hydrogens (tertiary/aromatic N) is 1. The van der Waals surface area contributed by atoms with Crippen LogP contribution in [-0.2, 0) is 14.3 Å². The normalized spacial score (nSPS) is 13.8. The van der Waals surface area contributed by atoms with Gasteiger partial charge in [0.1, 0.15) is 6.04 Å². The van der Waals surface area contributed by atoms with Gasteiger partial charge in [-0.05, 0) is 37.4 Å². The van der Waals surface area contributed by atoms with Crippen molar-refractivity contribution in [2.24, 2.45) is 0 Å². The number of hydrogen-bond acceptors (Lipinski definition) is 5. The van der Waals surface area contributed by atoms with E-state index in [1.54, 1.807) is 24.3 Å². The summed E-state index contributed by atoms with van der Waals surface area (Å²) >= 11 is 0. The molecule has 3 aromatic carbocycles. The lowest BCUT2D eigenvalue weighted by Crippen LogP contribution is -2.44. The third-order valence-corrected chi connectivity index (χ3v) is 5.21. The first-order valence-electron chi connectivity index (χ1n) is 9.79. The summed E-state index contributed by atoms with van der Waals surface area (Å²) in [6.07, 6.45) is 0. The van der Waals surface area contributed by atoms with Crippen LogP contribution < -0.4 is 5.32 Å². The number of aryl methyl sites for hydroxylation is 1. The molecular formula is C24H20N2O5. The third-order valence-electron chi connectivity index (χ3n) is 5.21. The van der Waals surface area contributed by atoms with Gasteiger partial charge in [-0.2, -0.15) is 0 Å². The van der Waals surface area contributed by atoms with Crippen LogP contribution in [0.3, 0.4) is 0 Å². The molecule has 4 rings (SSSR count). The third kappa shape index (κ3) is 3.77. The Balaban J connectivity index is 1.40. The molecule has 3 amide bonds. The molecule has 1 unspecified atom stereocenters. The Bertz CT molecular complexity index is 1230. The van der Waals surface area contributed by atoms with Crippen molar-refractivity contribution in [3.63, 3.8) is 0 Å². The van der Waals surface area contributed by atoms with E-state index in [2.05, 4.69) is 5.32 Å². The number of anilines is 1. The van der Waals surface area contributed by atoms with Gasteiger partial charge in [0.15, 0.2) is 6.61 Å². The number of hydrogen-bond donors (Lipinski definition) is 1. The van der Waals surface area contributed by atoms with Crippen molar-refractivity contribution in [3.05, 3.63) is 77.4 Å². The molecule has 1 aliphatic heterocycles. The second-order valence-corrected chi connectivity index (χ2v) is 7.39. The highest BCUT2D eigenvalue weighted by Gasteiger charge is 2.41. The lowest BCUT2D eigenvalue weighted by Gasteiger charge is -2.20. The summed E-state index contributed by atoms with van der Waals surface area (Å²) in [5, 5.41) is 4.55. The van der Waals surface area contributed by atoms with Gasteiger partial charge in [0.25, 0.3) is 17.7 Å². The van der Waals surface area contributed by atoms with Gasteiger partial charge in [-0.3, -0.25) is 19.3 Å². The molecule has 31 heavy (non-hydrogen) atoms. The SMILES string of the molecule is Cc1ccc2c(c1)C(=O)N(C(C)C(=O)OCC(=O)Nc1cccc3ccccc13)C2=O. The average molecular weight is 416 g/mol. The van der Waals surface area contributed by atoms with E-state index in [9.17, 15) is 19.2 Å². The zero-order chi connectivity index (χ0) is 22.1. The number of carbonyl (C=O) groups is 4. The first kappa shape index (κ1) is 20.3. The summed E-state index contributed by atoms with van der Waals surface area (Å²) in [5.41, 5.74) is 1.95. The van der Waals surface area contributed by atoms with Crippen molar-refractivity contribution in [1.82, 2.24) is 4.90 Å². The van der Waals surface area contributed by atoms with Crippen LogP contribution in [0.1, 0.15) is 33.2 Å². The molecule has 1 heterocycles. The second-order valence-electron chi connectivity index (χ2n) is 7.39. The molecule has 0 aliphatic carbocycles. The maximum absolute atomic E-state index is 12.6. The van der Waals surface area contributed by atoms with Gasteiger partial charge in [0, 0.05) is 11.1 Å². The van der Waals surface area contributed by atoms with E-state index in [-0.39, 0.29) is 11.1 Å². The summed E-state index contributed by atoms with van der Waals surface area (Å²) in [6.45, 7) is 2.68. The van der Waals surface area contributed by atoms with E-state index in [1.807, 2.05) is 43.3 Å². The number of nitrogens with one attached hydrogen (secondary N) is 1. The summed E-state index contributed by atoms with van der Waals surface area (Å²) < 4.78 is 5.08. The summed E-state index contributed by atoms with van der Waals surface area (Å²) in [4.78, 5) is 50.9. The number of amides is 3. The van der Waals surface area contributed by atoms with Gasteiger partial charge >= 0.3 is 5.97 Å². The van der Waals surface area contributed by atoms with Crippen LogP contribution >= 0.6 is 0 Å². The standard InChI is InChI=1S/C24H20N2O5/c1-14-10-11-18-19(12-14)23(29)26(22(18)28)15(2)24(30)31-13-21(27)25-20-9-5-7-16-6-3-4-8-17(16)20/h3-12,15H,13H2,1-2H3,(H,25,27). The minimum atomic E-state index is -1.15. The van der Waals surface area contributed by atoms with Gasteiger partial charge in [-0.1, -0.05) is 48.0 Å². The fourth-order valence-electron chi connectivity index (χ4n) is 3.61. The molecule has 1 N–H and O–H groups in total. The highest BCUT2D eigenvalue weighted by Crippen LogP contribution is 2.26. The maximum atomic E-state index is 12.6. The van der Waals surface area contributed by atoms with Gasteiger partial charge in [0.05, 0.1) is 11.1 Å². The molecule has 7 heteroatoms. The molecule has 0 saturated carbocycles. The van der Waals surface area contributed by atoms with Crippen LogP contribution in [0.4, 0.5) is 5.69 Å². The van der Waals surface area contributed by atoms with Crippen LogP contribution in [0.5, 0.6) is 0 Å². The van der Waals surface area contributed by atoms with Crippen LogP contribution in [0.2, 0.25) is 0 Å². The summed E-state index contributed by atoms with van der Waals surface area (Å²) in [7, 11) is 0. The Morgan fingerprint density at radius 2 is 1.68 bits per heavy atom. The number of benzene rings is 3. The first-order chi connectivity index (χ1) is 14.9. The number of ether oxygens (including phenoxy) is 1. The number of rotatable bonds is 5. The van der Waals surface area contributed by atoms with Crippen molar-refractivity contribution < 1.29 is 23.9 Å². The van der Waals surface area contributed by atoms with Crippen molar-refractivity contribution in [1.29, 1.82) is 0 Å². The Morgan fingerprint density at radius 1 is 0.968 bits per heavy atom. The van der Waals surface area contributed by atoms with Gasteiger partial charge in [-0.15, -0.1) is 0 Å². The number of esters is 1.